The van der Waals surface area contributed by atoms with E-state index in [1.165, 1.54) is 32.1 Å². The summed E-state index contributed by atoms with van der Waals surface area (Å²) in [5, 5.41) is 0. The van der Waals surface area contributed by atoms with Gasteiger partial charge >= 0.3 is 0 Å². The molecule has 1 rings (SSSR count). The molecule has 0 amide bonds. The summed E-state index contributed by atoms with van der Waals surface area (Å²) in [4.78, 5) is 3.70. The fourth-order valence-electron chi connectivity index (χ4n) is 2.44. The van der Waals surface area contributed by atoms with E-state index in [-0.39, 0.29) is 9.76 Å². The first kappa shape index (κ1) is 12.4. The highest BCUT2D eigenvalue weighted by Gasteiger charge is 2.21. The van der Waals surface area contributed by atoms with Crippen molar-refractivity contribution < 1.29 is 4.12 Å². The van der Waals surface area contributed by atoms with Crippen molar-refractivity contribution in [3.63, 3.8) is 0 Å². The van der Waals surface area contributed by atoms with Crippen LogP contribution in [0.2, 0.25) is 13.1 Å². The average Bonchev–Trinajstić information content (AvgIpc) is 2.19. The van der Waals surface area contributed by atoms with Crippen LogP contribution in [0.4, 0.5) is 0 Å². The van der Waals surface area contributed by atoms with Gasteiger partial charge in [0.25, 0.3) is 0 Å². The zero-order valence-corrected chi connectivity index (χ0v) is 12.5. The molecule has 2 nitrogen and oxygen atoms in total. The second-order valence-electron chi connectivity index (χ2n) is 4.45. The minimum Gasteiger partial charge on any atom is -0.452 e. The topological polar surface area (TPSA) is 21.3 Å². The second kappa shape index (κ2) is 6.77. The molecule has 0 aromatic rings. The lowest BCUT2D eigenvalue weighted by Crippen LogP contribution is -2.45. The fourth-order valence-corrected chi connectivity index (χ4v) is 5.84. The van der Waals surface area contributed by atoms with Gasteiger partial charge < -0.3 is 9.10 Å². The van der Waals surface area contributed by atoms with E-state index in [9.17, 15) is 0 Å². The van der Waals surface area contributed by atoms with E-state index in [0.29, 0.717) is 6.04 Å². The van der Waals surface area contributed by atoms with E-state index in [1.807, 2.05) is 0 Å². The molecule has 0 saturated heterocycles. The predicted molar refractivity (Wildman–Crippen MR) is 67.7 cm³/mol. The summed E-state index contributed by atoms with van der Waals surface area (Å²) in [6, 6.07) is 0.692. The third-order valence-electron chi connectivity index (χ3n) is 3.27. The summed E-state index contributed by atoms with van der Waals surface area (Å²) in [5.74, 6) is 0.917. The van der Waals surface area contributed by atoms with Gasteiger partial charge in [-0.3, -0.25) is 0 Å². The van der Waals surface area contributed by atoms with E-state index < -0.39 is 9.20 Å². The Morgan fingerprint density at radius 3 is 2.57 bits per heavy atom. The van der Waals surface area contributed by atoms with Gasteiger partial charge in [0.05, 0.1) is 0 Å². The van der Waals surface area contributed by atoms with Crippen LogP contribution in [-0.4, -0.2) is 25.0 Å². The Kier molecular flexibility index (Phi) is 6.01. The SMILES string of the molecule is C[SiH2]O[SiH](C)NC(C)C1CCCCC1. The minimum absolute atomic E-state index is 0.206. The average molecular weight is 231 g/mol. The van der Waals surface area contributed by atoms with Crippen molar-refractivity contribution in [2.24, 2.45) is 5.92 Å². The maximum atomic E-state index is 5.77. The van der Waals surface area contributed by atoms with Gasteiger partial charge in [-0.1, -0.05) is 32.7 Å². The first-order chi connectivity index (χ1) is 6.74. The standard InChI is InChI=1S/C10H25NOSi2/c1-9(11-14(3)12-13-2)10-7-5-4-6-8-10/h9-11,14H,4-8,13H2,1-3H3. The molecule has 84 valence electrons. The largest absolute Gasteiger partial charge is 0.452 e. The monoisotopic (exact) mass is 231 g/mol. The van der Waals surface area contributed by atoms with Crippen molar-refractivity contribution in [3.8, 4) is 0 Å². The second-order valence-corrected chi connectivity index (χ2v) is 7.98. The molecule has 2 atom stereocenters. The molecule has 1 saturated carbocycles. The number of nitrogens with one attached hydrogen (secondary N) is 1. The highest BCUT2D eigenvalue weighted by atomic mass is 28.4. The van der Waals surface area contributed by atoms with Crippen molar-refractivity contribution in [1.29, 1.82) is 0 Å². The quantitative estimate of drug-likeness (QED) is 0.725. The van der Waals surface area contributed by atoms with Gasteiger partial charge in [0.1, 0.15) is 9.76 Å². The summed E-state index contributed by atoms with van der Waals surface area (Å²) in [6.45, 7) is 6.84. The predicted octanol–water partition coefficient (Wildman–Crippen LogP) is 1.54. The zero-order valence-electron chi connectivity index (χ0n) is 9.88. The third-order valence-corrected chi connectivity index (χ3v) is 7.60. The molecule has 4 heteroatoms. The lowest BCUT2D eigenvalue weighted by molar-refractivity contribution is 0.299. The summed E-state index contributed by atoms with van der Waals surface area (Å²) < 4.78 is 5.77. The molecule has 0 bridgehead atoms. The molecule has 0 aliphatic heterocycles. The van der Waals surface area contributed by atoms with Crippen molar-refractivity contribution >= 4 is 19.0 Å². The van der Waals surface area contributed by atoms with E-state index in [2.05, 4.69) is 25.0 Å². The molecule has 0 spiro atoms. The summed E-state index contributed by atoms with van der Waals surface area (Å²) in [5.41, 5.74) is 0. The van der Waals surface area contributed by atoms with Gasteiger partial charge in [-0.25, -0.2) is 0 Å². The van der Waals surface area contributed by atoms with E-state index in [4.69, 9.17) is 4.12 Å². The molecule has 14 heavy (non-hydrogen) atoms. The molecule has 1 N–H and O–H groups in total. The Balaban J connectivity index is 2.21. The van der Waals surface area contributed by atoms with Crippen LogP contribution in [0.1, 0.15) is 39.0 Å². The molecule has 1 aliphatic rings. The van der Waals surface area contributed by atoms with Crippen LogP contribution >= 0.6 is 0 Å². The smallest absolute Gasteiger partial charge is 0.238 e. The molecule has 0 radical (unpaired) electrons. The lowest BCUT2D eigenvalue weighted by atomic mass is 9.85. The molecular weight excluding hydrogens is 206 g/mol. The summed E-state index contributed by atoms with van der Waals surface area (Å²) >= 11 is 0. The van der Waals surface area contributed by atoms with Crippen LogP contribution in [0, 0.1) is 5.92 Å². The highest BCUT2D eigenvalue weighted by Crippen LogP contribution is 2.26. The molecule has 0 aromatic carbocycles. The zero-order chi connectivity index (χ0) is 10.4. The Morgan fingerprint density at radius 1 is 1.36 bits per heavy atom. The highest BCUT2D eigenvalue weighted by molar-refractivity contribution is 6.54. The Hall–Kier alpha value is 0.354. The minimum atomic E-state index is -1.02. The van der Waals surface area contributed by atoms with Gasteiger partial charge in [0.15, 0.2) is 0 Å². The van der Waals surface area contributed by atoms with Crippen LogP contribution in [0.15, 0.2) is 0 Å². The Morgan fingerprint density at radius 2 is 2.00 bits per heavy atom. The van der Waals surface area contributed by atoms with Gasteiger partial charge in [-0.2, -0.15) is 0 Å². The Bertz CT molecular complexity index is 151. The van der Waals surface area contributed by atoms with Crippen molar-refractivity contribution in [2.75, 3.05) is 0 Å². The van der Waals surface area contributed by atoms with E-state index in [1.54, 1.807) is 0 Å². The first-order valence-corrected chi connectivity index (χ1v) is 10.3. The van der Waals surface area contributed by atoms with Crippen LogP contribution in [0.5, 0.6) is 0 Å². The maximum absolute atomic E-state index is 5.77. The van der Waals surface area contributed by atoms with Crippen LogP contribution in [0.3, 0.4) is 0 Å². The summed E-state index contributed by atoms with van der Waals surface area (Å²) in [7, 11) is -1.22. The number of rotatable bonds is 5. The van der Waals surface area contributed by atoms with Gasteiger partial charge in [0.2, 0.25) is 9.20 Å². The van der Waals surface area contributed by atoms with E-state index in [0.717, 1.165) is 5.92 Å². The molecule has 0 aromatic heterocycles. The fraction of sp³-hybridized carbons (Fsp3) is 1.00. The van der Waals surface area contributed by atoms with Gasteiger partial charge in [0, 0.05) is 6.04 Å². The van der Waals surface area contributed by atoms with Crippen LogP contribution in [0.25, 0.3) is 0 Å². The lowest BCUT2D eigenvalue weighted by Gasteiger charge is -2.30. The van der Waals surface area contributed by atoms with Crippen LogP contribution in [-0.2, 0) is 4.12 Å². The van der Waals surface area contributed by atoms with Gasteiger partial charge in [-0.15, -0.1) is 0 Å². The molecule has 1 fully saturated rings. The Labute approximate surface area is 92.6 Å². The molecule has 0 heterocycles. The molecule has 1 aliphatic carbocycles. The van der Waals surface area contributed by atoms with Crippen molar-refractivity contribution in [2.45, 2.75) is 58.2 Å². The van der Waals surface area contributed by atoms with Gasteiger partial charge in [-0.05, 0) is 25.3 Å². The van der Waals surface area contributed by atoms with Crippen molar-refractivity contribution in [1.82, 2.24) is 4.98 Å². The van der Waals surface area contributed by atoms with Crippen LogP contribution < -0.4 is 4.98 Å². The number of hydrogen-bond donors (Lipinski definition) is 1. The van der Waals surface area contributed by atoms with E-state index >= 15 is 0 Å². The normalized spacial score (nSPS) is 24.2. The first-order valence-electron chi connectivity index (χ1n) is 6.11. The maximum Gasteiger partial charge on any atom is 0.238 e. The third kappa shape index (κ3) is 4.25. The molecule has 2 unspecified atom stereocenters. The number of hydrogen-bond acceptors (Lipinski definition) is 2. The summed E-state index contributed by atoms with van der Waals surface area (Å²) in [6.07, 6.45) is 7.19. The molecular formula is C10H25NOSi2. The van der Waals surface area contributed by atoms with Crippen molar-refractivity contribution in [3.05, 3.63) is 0 Å².